The second-order valence-corrected chi connectivity index (χ2v) is 10.4. The maximum atomic E-state index is 15.4. The van der Waals surface area contributed by atoms with Crippen molar-refractivity contribution in [3.8, 4) is 17.3 Å². The Labute approximate surface area is 246 Å². The van der Waals surface area contributed by atoms with Crippen LogP contribution in [0, 0.1) is 36.0 Å². The Morgan fingerprint density at radius 1 is 0.977 bits per heavy atom. The molecule has 1 fully saturated rings. The van der Waals surface area contributed by atoms with Gasteiger partial charge in [0.25, 0.3) is 0 Å². The average molecular weight is 611 g/mol. The second-order valence-electron chi connectivity index (χ2n) is 10.4. The van der Waals surface area contributed by atoms with Gasteiger partial charge in [-0.05, 0) is 66.9 Å². The normalized spacial score (nSPS) is 14.5. The molecule has 0 spiro atoms. The van der Waals surface area contributed by atoms with Crippen LogP contribution in [0.15, 0.2) is 48.7 Å². The number of aryl methyl sites for hydroxylation is 1. The van der Waals surface area contributed by atoms with Gasteiger partial charge >= 0.3 is 12.0 Å². The van der Waals surface area contributed by atoms with Crippen molar-refractivity contribution in [2.45, 2.75) is 39.0 Å². The molecule has 0 unspecified atom stereocenters. The fraction of sp³-hybridized carbons (Fsp3) is 0.226. The first-order valence-electron chi connectivity index (χ1n) is 13.5. The van der Waals surface area contributed by atoms with E-state index in [1.54, 1.807) is 10.6 Å². The molecule has 0 radical (unpaired) electrons. The number of fused-ring (bicyclic) bond motifs is 1. The van der Waals surface area contributed by atoms with Gasteiger partial charge in [0, 0.05) is 24.2 Å². The molecule has 13 heteroatoms. The maximum absolute atomic E-state index is 15.4. The van der Waals surface area contributed by atoms with Crippen molar-refractivity contribution in [2.75, 3.05) is 6.61 Å². The zero-order chi connectivity index (χ0) is 31.1. The quantitative estimate of drug-likeness (QED) is 0.200. The minimum absolute atomic E-state index is 0.0488. The van der Waals surface area contributed by atoms with Crippen LogP contribution in [0.5, 0.6) is 6.01 Å². The number of imidazole rings is 1. The number of benzene rings is 3. The lowest BCUT2D eigenvalue weighted by Gasteiger charge is -2.27. The summed E-state index contributed by atoms with van der Waals surface area (Å²) in [6, 6.07) is 7.59. The summed E-state index contributed by atoms with van der Waals surface area (Å²) in [4.78, 5) is 23.6. The minimum atomic E-state index is -1.12. The van der Waals surface area contributed by atoms with E-state index in [-0.39, 0.29) is 34.8 Å². The highest BCUT2D eigenvalue weighted by atomic mass is 19.1. The molecule has 5 aromatic rings. The zero-order valence-electron chi connectivity index (χ0n) is 23.1. The van der Waals surface area contributed by atoms with Gasteiger partial charge in [-0.3, -0.25) is 0 Å². The molecular weight excluding hydrogens is 587 g/mol. The van der Waals surface area contributed by atoms with Crippen molar-refractivity contribution < 1.29 is 41.3 Å². The van der Waals surface area contributed by atoms with E-state index in [1.807, 2.05) is 0 Å². The lowest BCUT2D eigenvalue weighted by molar-refractivity contribution is -0.0589. The van der Waals surface area contributed by atoms with Gasteiger partial charge in [0.15, 0.2) is 5.82 Å². The third kappa shape index (κ3) is 5.70. The predicted octanol–water partition coefficient (Wildman–Crippen LogP) is 6.15. The fourth-order valence-corrected chi connectivity index (χ4v) is 4.90. The molecule has 6 rings (SSSR count). The van der Waals surface area contributed by atoms with Crippen molar-refractivity contribution >= 4 is 17.0 Å². The Morgan fingerprint density at radius 3 is 2.45 bits per heavy atom. The third-order valence-corrected chi connectivity index (χ3v) is 7.40. The van der Waals surface area contributed by atoms with Crippen LogP contribution in [0.3, 0.4) is 0 Å². The van der Waals surface area contributed by atoms with Crippen LogP contribution in [-0.2, 0) is 24.3 Å². The highest BCUT2D eigenvalue weighted by Gasteiger charge is 2.24. The van der Waals surface area contributed by atoms with Crippen LogP contribution >= 0.6 is 0 Å². The summed E-state index contributed by atoms with van der Waals surface area (Å²) in [5.41, 5.74) is -0.188. The van der Waals surface area contributed by atoms with Gasteiger partial charge in [-0.15, -0.1) is 0 Å². The molecule has 3 heterocycles. The van der Waals surface area contributed by atoms with E-state index in [0.29, 0.717) is 36.2 Å². The van der Waals surface area contributed by atoms with Crippen LogP contribution in [0.1, 0.15) is 39.3 Å². The van der Waals surface area contributed by atoms with E-state index in [0.717, 1.165) is 30.7 Å². The summed E-state index contributed by atoms with van der Waals surface area (Å²) < 4.78 is 86.1. The van der Waals surface area contributed by atoms with E-state index in [1.165, 1.54) is 19.1 Å². The van der Waals surface area contributed by atoms with Crippen molar-refractivity contribution in [2.24, 2.45) is 0 Å². The van der Waals surface area contributed by atoms with Gasteiger partial charge in [-0.25, -0.2) is 36.7 Å². The summed E-state index contributed by atoms with van der Waals surface area (Å²) in [6.45, 7) is 1.83. The van der Waals surface area contributed by atoms with Crippen LogP contribution in [-0.4, -0.2) is 43.3 Å². The fourth-order valence-electron chi connectivity index (χ4n) is 4.90. The highest BCUT2D eigenvalue weighted by Crippen LogP contribution is 2.30. The van der Waals surface area contributed by atoms with Gasteiger partial charge in [-0.2, -0.15) is 4.98 Å². The van der Waals surface area contributed by atoms with E-state index >= 15 is 8.78 Å². The van der Waals surface area contributed by atoms with E-state index in [4.69, 9.17) is 9.47 Å². The number of nitrogens with zero attached hydrogens (tertiary/aromatic N) is 4. The van der Waals surface area contributed by atoms with Crippen LogP contribution in [0.4, 0.5) is 22.0 Å². The van der Waals surface area contributed by atoms with Gasteiger partial charge in [0.2, 0.25) is 0 Å². The van der Waals surface area contributed by atoms with Crippen molar-refractivity contribution in [3.63, 3.8) is 0 Å². The molecular formula is C31H23F5N4O4. The standard InChI is InChI=1S/C31H23F5N4O4/c1-15-6-22(33)18(8-21(15)32)14-44-31-37-12-25(36)29(39-31)20-11-23(34)17(7-24(20)35)10-28-38-26-3-2-16(30(41)42)9-27(26)40(28)13-19-4-5-43-19/h2-3,6-9,11-12,19H,4-5,10,13-14H2,1H3,(H,41,42)/t19-/m0/s1. The number of hydrogen-bond donors (Lipinski definition) is 1. The van der Waals surface area contributed by atoms with Gasteiger partial charge in [-0.1, -0.05) is 0 Å². The SMILES string of the molecule is Cc1cc(F)c(COc2ncc(F)c(-c3cc(F)c(Cc4nc5ccc(C(=O)O)cc5n4C[C@@H]4CCO4)cc3F)n2)cc1F. The molecule has 226 valence electrons. The summed E-state index contributed by atoms with van der Waals surface area (Å²) in [6.07, 6.45) is 1.18. The Morgan fingerprint density at radius 2 is 1.73 bits per heavy atom. The number of aromatic nitrogens is 4. The molecule has 0 aliphatic carbocycles. The van der Waals surface area contributed by atoms with E-state index in [2.05, 4.69) is 15.0 Å². The van der Waals surface area contributed by atoms with Crippen molar-refractivity contribution in [1.82, 2.24) is 19.5 Å². The van der Waals surface area contributed by atoms with E-state index in [9.17, 15) is 23.1 Å². The average Bonchev–Trinajstić information content (AvgIpc) is 3.30. The lowest BCUT2D eigenvalue weighted by atomic mass is 10.0. The topological polar surface area (TPSA) is 99.4 Å². The van der Waals surface area contributed by atoms with Crippen molar-refractivity contribution in [1.29, 1.82) is 0 Å². The first-order valence-corrected chi connectivity index (χ1v) is 13.5. The predicted molar refractivity (Wildman–Crippen MR) is 147 cm³/mol. The van der Waals surface area contributed by atoms with Gasteiger partial charge in [0.1, 0.15) is 41.4 Å². The maximum Gasteiger partial charge on any atom is 0.335 e. The Balaban J connectivity index is 1.29. The van der Waals surface area contributed by atoms with Crippen molar-refractivity contribution in [3.05, 3.63) is 106 Å². The van der Waals surface area contributed by atoms with Gasteiger partial charge in [0.05, 0.1) is 35.4 Å². The summed E-state index contributed by atoms with van der Waals surface area (Å²) in [5, 5.41) is 9.43. The molecule has 0 amide bonds. The van der Waals surface area contributed by atoms with Crippen LogP contribution in [0.2, 0.25) is 0 Å². The number of carboxylic acid groups (broad SMARTS) is 1. The monoisotopic (exact) mass is 610 g/mol. The Hall–Kier alpha value is -4.91. The number of halogens is 5. The molecule has 0 bridgehead atoms. The first kappa shape index (κ1) is 29.2. The third-order valence-electron chi connectivity index (χ3n) is 7.40. The molecule has 8 nitrogen and oxygen atoms in total. The number of rotatable bonds is 9. The Kier molecular flexibility index (Phi) is 7.72. The van der Waals surface area contributed by atoms with E-state index < -0.39 is 58.9 Å². The smallest absolute Gasteiger partial charge is 0.335 e. The zero-order valence-corrected chi connectivity index (χ0v) is 23.1. The minimum Gasteiger partial charge on any atom is -0.478 e. The molecule has 44 heavy (non-hydrogen) atoms. The molecule has 1 aliphatic heterocycles. The Bertz CT molecular complexity index is 1930. The van der Waals surface area contributed by atoms with Gasteiger partial charge < -0.3 is 19.1 Å². The molecule has 3 aromatic carbocycles. The molecule has 1 N–H and O–H groups in total. The van der Waals surface area contributed by atoms with Crippen LogP contribution < -0.4 is 4.74 Å². The number of carboxylic acids is 1. The molecule has 1 atom stereocenters. The van der Waals surface area contributed by atoms with Crippen LogP contribution in [0.25, 0.3) is 22.3 Å². The summed E-state index contributed by atoms with van der Waals surface area (Å²) in [7, 11) is 0. The highest BCUT2D eigenvalue weighted by molar-refractivity contribution is 5.92. The number of ether oxygens (including phenoxy) is 2. The molecule has 1 saturated heterocycles. The lowest BCUT2D eigenvalue weighted by Crippen LogP contribution is -2.31. The largest absolute Gasteiger partial charge is 0.478 e. The summed E-state index contributed by atoms with van der Waals surface area (Å²) >= 11 is 0. The number of aromatic carboxylic acids is 1. The number of carbonyl (C=O) groups is 1. The second kappa shape index (κ2) is 11.6. The first-order chi connectivity index (χ1) is 21.1. The summed E-state index contributed by atoms with van der Waals surface area (Å²) in [5.74, 6) is -5.07. The molecule has 1 aliphatic rings. The molecule has 0 saturated carbocycles. The molecule has 2 aromatic heterocycles. The number of hydrogen-bond acceptors (Lipinski definition) is 6.